The third-order valence-corrected chi connectivity index (χ3v) is 3.95. The molecular formula is C6H8N2O3S2. The highest BCUT2D eigenvalue weighted by Gasteiger charge is 2.17. The number of rotatable bonds is 2. The summed E-state index contributed by atoms with van der Waals surface area (Å²) in [6.45, 7) is 2.84. The molecule has 1 heterocycles. The minimum Gasteiger partial charge on any atom is -0.274 e. The predicted octanol–water partition coefficient (Wildman–Crippen LogP) is 0.276. The van der Waals surface area contributed by atoms with Gasteiger partial charge in [-0.15, -0.1) is 11.3 Å². The number of hydrogen-bond donors (Lipinski definition) is 1. The van der Waals surface area contributed by atoms with E-state index in [4.69, 9.17) is 0 Å². The fourth-order valence-electron chi connectivity index (χ4n) is 0.706. The van der Waals surface area contributed by atoms with Gasteiger partial charge in [0.1, 0.15) is 0 Å². The largest absolute Gasteiger partial charge is 0.275 e. The first-order valence-corrected chi connectivity index (χ1v) is 5.67. The zero-order chi connectivity index (χ0) is 10.1. The Morgan fingerprint density at radius 1 is 1.62 bits per heavy atom. The van der Waals surface area contributed by atoms with Crippen LogP contribution in [-0.2, 0) is 14.8 Å². The molecule has 72 valence electrons. The molecule has 1 amide bonds. The molecule has 0 radical (unpaired) electrons. The van der Waals surface area contributed by atoms with E-state index in [1.807, 2.05) is 4.72 Å². The maximum Gasteiger partial charge on any atom is 0.275 e. The van der Waals surface area contributed by atoms with E-state index >= 15 is 0 Å². The number of nitrogens with zero attached hydrogens (tertiary/aromatic N) is 1. The van der Waals surface area contributed by atoms with Gasteiger partial charge in [-0.3, -0.25) is 4.79 Å². The minimum atomic E-state index is -3.68. The summed E-state index contributed by atoms with van der Waals surface area (Å²) in [5, 5.41) is 0.643. The van der Waals surface area contributed by atoms with Gasteiger partial charge in [0.25, 0.3) is 10.0 Å². The molecule has 0 aliphatic carbocycles. The summed E-state index contributed by atoms with van der Waals surface area (Å²) in [6, 6.07) is 0. The monoisotopic (exact) mass is 220 g/mol. The van der Waals surface area contributed by atoms with Gasteiger partial charge in [0.05, 0.1) is 11.2 Å². The number of aryl methyl sites for hydroxylation is 1. The van der Waals surface area contributed by atoms with Gasteiger partial charge < -0.3 is 0 Å². The minimum absolute atomic E-state index is 0.0557. The van der Waals surface area contributed by atoms with E-state index in [9.17, 15) is 13.2 Å². The zero-order valence-corrected chi connectivity index (χ0v) is 8.70. The van der Waals surface area contributed by atoms with Gasteiger partial charge in [-0.05, 0) is 6.92 Å². The van der Waals surface area contributed by atoms with Crippen LogP contribution in [0.2, 0.25) is 0 Å². The quantitative estimate of drug-likeness (QED) is 0.776. The fraction of sp³-hybridized carbons (Fsp3) is 0.333. The molecule has 7 heteroatoms. The molecule has 0 aliphatic rings. The lowest BCUT2D eigenvalue weighted by Crippen LogP contribution is -2.27. The molecule has 5 nitrogen and oxygen atoms in total. The second-order valence-electron chi connectivity index (χ2n) is 2.36. The number of carbonyl (C=O) groups is 1. The van der Waals surface area contributed by atoms with Crippen LogP contribution < -0.4 is 4.72 Å². The molecule has 1 aromatic rings. The van der Waals surface area contributed by atoms with Gasteiger partial charge in [-0.2, -0.15) is 0 Å². The summed E-state index contributed by atoms with van der Waals surface area (Å²) in [5.74, 6) is -0.606. The standard InChI is InChI=1S/C6H8N2O3S2/c1-4(9)8-13(10,11)6-3-7-5(2)12-6/h3H,1-2H3,(H,8,9). The third-order valence-electron chi connectivity index (χ3n) is 1.14. The number of amides is 1. The number of hydrogen-bond acceptors (Lipinski definition) is 5. The molecule has 0 atom stereocenters. The molecule has 0 spiro atoms. The first-order valence-electron chi connectivity index (χ1n) is 3.37. The van der Waals surface area contributed by atoms with E-state index in [0.717, 1.165) is 18.3 Å². The number of carbonyl (C=O) groups excluding carboxylic acids is 1. The average Bonchev–Trinajstić information content (AvgIpc) is 2.32. The van der Waals surface area contributed by atoms with Gasteiger partial charge in [-0.25, -0.2) is 18.1 Å². The number of nitrogens with one attached hydrogen (secondary N) is 1. The van der Waals surface area contributed by atoms with Gasteiger partial charge >= 0.3 is 0 Å². The molecule has 0 fully saturated rings. The topological polar surface area (TPSA) is 76.1 Å². The fourth-order valence-corrected chi connectivity index (χ4v) is 2.80. The van der Waals surface area contributed by atoms with Crippen LogP contribution in [0.3, 0.4) is 0 Å². The average molecular weight is 220 g/mol. The first kappa shape index (κ1) is 10.1. The van der Waals surface area contributed by atoms with Crippen LogP contribution in [0.15, 0.2) is 10.4 Å². The Kier molecular flexibility index (Phi) is 2.67. The highest BCUT2D eigenvalue weighted by molar-refractivity contribution is 7.92. The Hall–Kier alpha value is -0.950. The molecule has 0 unspecified atom stereocenters. The smallest absolute Gasteiger partial charge is 0.274 e. The molecule has 0 bridgehead atoms. The van der Waals surface area contributed by atoms with Crippen LogP contribution in [0.4, 0.5) is 0 Å². The van der Waals surface area contributed by atoms with E-state index < -0.39 is 15.9 Å². The summed E-state index contributed by atoms with van der Waals surface area (Å²) in [4.78, 5) is 14.3. The van der Waals surface area contributed by atoms with E-state index in [-0.39, 0.29) is 4.21 Å². The van der Waals surface area contributed by atoms with Crippen molar-refractivity contribution in [3.63, 3.8) is 0 Å². The van der Waals surface area contributed by atoms with Gasteiger partial charge in [0, 0.05) is 6.92 Å². The lowest BCUT2D eigenvalue weighted by molar-refractivity contribution is -0.117. The van der Waals surface area contributed by atoms with Crippen molar-refractivity contribution in [2.75, 3.05) is 0 Å². The van der Waals surface area contributed by atoms with Crippen LogP contribution in [0, 0.1) is 6.92 Å². The highest BCUT2D eigenvalue weighted by atomic mass is 32.2. The summed E-state index contributed by atoms with van der Waals surface area (Å²) in [7, 11) is -3.68. The molecule has 0 saturated heterocycles. The normalized spacial score (nSPS) is 11.2. The van der Waals surface area contributed by atoms with Crippen molar-refractivity contribution in [2.24, 2.45) is 0 Å². The second-order valence-corrected chi connectivity index (χ2v) is 5.50. The Morgan fingerprint density at radius 2 is 2.23 bits per heavy atom. The van der Waals surface area contributed by atoms with E-state index in [2.05, 4.69) is 4.98 Å². The zero-order valence-electron chi connectivity index (χ0n) is 7.07. The molecule has 1 rings (SSSR count). The number of aromatic nitrogens is 1. The molecule has 1 aromatic heterocycles. The molecule has 0 aromatic carbocycles. The SMILES string of the molecule is CC(=O)NS(=O)(=O)c1cnc(C)s1. The van der Waals surface area contributed by atoms with Crippen molar-refractivity contribution in [2.45, 2.75) is 18.1 Å². The Morgan fingerprint density at radius 3 is 2.62 bits per heavy atom. The summed E-state index contributed by atoms with van der Waals surface area (Å²) in [6.07, 6.45) is 1.23. The Bertz CT molecular complexity index is 421. The van der Waals surface area contributed by atoms with Crippen LogP contribution in [0.5, 0.6) is 0 Å². The summed E-state index contributed by atoms with van der Waals surface area (Å²) in [5.41, 5.74) is 0. The molecule has 0 saturated carbocycles. The maximum atomic E-state index is 11.3. The van der Waals surface area contributed by atoms with Gasteiger partial charge in [-0.1, -0.05) is 0 Å². The Labute approximate surface area is 79.9 Å². The van der Waals surface area contributed by atoms with Crippen molar-refractivity contribution in [1.29, 1.82) is 0 Å². The lowest BCUT2D eigenvalue weighted by atomic mass is 10.8. The number of thiazole rings is 1. The lowest BCUT2D eigenvalue weighted by Gasteiger charge is -1.99. The first-order chi connectivity index (χ1) is 5.92. The van der Waals surface area contributed by atoms with Crippen LogP contribution >= 0.6 is 11.3 Å². The molecule has 1 N–H and O–H groups in total. The molecular weight excluding hydrogens is 212 g/mol. The van der Waals surface area contributed by atoms with Crippen molar-refractivity contribution < 1.29 is 13.2 Å². The van der Waals surface area contributed by atoms with Crippen molar-refractivity contribution in [3.8, 4) is 0 Å². The maximum absolute atomic E-state index is 11.3. The summed E-state index contributed by atoms with van der Waals surface area (Å²) < 4.78 is 24.5. The van der Waals surface area contributed by atoms with E-state index in [0.29, 0.717) is 5.01 Å². The van der Waals surface area contributed by atoms with Gasteiger partial charge in [0.15, 0.2) is 4.21 Å². The molecule has 13 heavy (non-hydrogen) atoms. The van der Waals surface area contributed by atoms with Gasteiger partial charge in [0.2, 0.25) is 5.91 Å². The van der Waals surface area contributed by atoms with Crippen molar-refractivity contribution >= 4 is 27.3 Å². The number of sulfonamides is 1. The third kappa shape index (κ3) is 2.49. The Balaban J connectivity index is 3.01. The van der Waals surface area contributed by atoms with Crippen molar-refractivity contribution in [3.05, 3.63) is 11.2 Å². The molecule has 0 aliphatic heterocycles. The van der Waals surface area contributed by atoms with E-state index in [1.54, 1.807) is 6.92 Å². The van der Waals surface area contributed by atoms with E-state index in [1.165, 1.54) is 6.20 Å². The van der Waals surface area contributed by atoms with Crippen LogP contribution in [-0.4, -0.2) is 19.3 Å². The predicted molar refractivity (Wildman–Crippen MR) is 47.9 cm³/mol. The van der Waals surface area contributed by atoms with Crippen LogP contribution in [0.25, 0.3) is 0 Å². The highest BCUT2D eigenvalue weighted by Crippen LogP contribution is 2.16. The summed E-state index contributed by atoms with van der Waals surface area (Å²) >= 11 is 1.02. The van der Waals surface area contributed by atoms with Crippen molar-refractivity contribution in [1.82, 2.24) is 9.71 Å². The van der Waals surface area contributed by atoms with Crippen LogP contribution in [0.1, 0.15) is 11.9 Å². The second kappa shape index (κ2) is 3.43.